The van der Waals surface area contributed by atoms with E-state index >= 15 is 0 Å². The second kappa shape index (κ2) is 5.09. The van der Waals surface area contributed by atoms with Gasteiger partial charge in [0.25, 0.3) is 0 Å². The Bertz CT molecular complexity index is 472. The van der Waals surface area contributed by atoms with Gasteiger partial charge in [-0.15, -0.1) is 0 Å². The number of benzene rings is 1. The number of hydrogen-bond donors (Lipinski definition) is 1. The van der Waals surface area contributed by atoms with Crippen LogP contribution in [0.25, 0.3) is 0 Å². The van der Waals surface area contributed by atoms with Gasteiger partial charge in [-0.2, -0.15) is 0 Å². The van der Waals surface area contributed by atoms with Crippen LogP contribution in [-0.2, 0) is 4.74 Å². The monoisotopic (exact) mass is 262 g/mol. The number of ether oxygens (including phenoxy) is 2. The summed E-state index contributed by atoms with van der Waals surface area (Å²) in [6.45, 7) is 2.44. The Hall–Kier alpha value is -1.75. The van der Waals surface area contributed by atoms with Crippen LogP contribution in [0.2, 0.25) is 0 Å². The van der Waals surface area contributed by atoms with Crippen LogP contribution in [0.5, 0.6) is 5.75 Å². The predicted octanol–water partition coefficient (Wildman–Crippen LogP) is 1.63. The van der Waals surface area contributed by atoms with E-state index in [0.717, 1.165) is 30.9 Å². The van der Waals surface area contributed by atoms with Crippen molar-refractivity contribution in [2.45, 2.75) is 12.5 Å². The highest BCUT2D eigenvalue weighted by atomic mass is 16.6. The topological polar surface area (TPSA) is 50.8 Å². The first-order valence-electron chi connectivity index (χ1n) is 6.60. The second-order valence-electron chi connectivity index (χ2n) is 4.97. The number of nitrogens with one attached hydrogen (secondary N) is 1. The van der Waals surface area contributed by atoms with Gasteiger partial charge in [0.1, 0.15) is 12.4 Å². The molecule has 2 saturated heterocycles. The van der Waals surface area contributed by atoms with Gasteiger partial charge in [0.2, 0.25) is 0 Å². The van der Waals surface area contributed by atoms with Crippen LogP contribution in [-0.4, -0.2) is 38.9 Å². The number of amides is 1. The first kappa shape index (κ1) is 12.3. The van der Waals surface area contributed by atoms with Crippen molar-refractivity contribution >= 4 is 11.8 Å². The minimum Gasteiger partial charge on any atom is -0.497 e. The zero-order valence-electron chi connectivity index (χ0n) is 11.0. The third-order valence-electron chi connectivity index (χ3n) is 3.88. The molecule has 0 radical (unpaired) electrons. The number of cyclic esters (lactones) is 1. The molecule has 2 fully saturated rings. The van der Waals surface area contributed by atoms with Crippen LogP contribution in [0.15, 0.2) is 24.3 Å². The van der Waals surface area contributed by atoms with Crippen LogP contribution in [0, 0.1) is 5.92 Å². The maximum absolute atomic E-state index is 12.0. The second-order valence-corrected chi connectivity index (χ2v) is 4.97. The largest absolute Gasteiger partial charge is 0.497 e. The van der Waals surface area contributed by atoms with Crippen molar-refractivity contribution in [2.75, 3.05) is 31.7 Å². The van der Waals surface area contributed by atoms with E-state index in [1.54, 1.807) is 12.0 Å². The lowest BCUT2D eigenvalue weighted by atomic mass is 9.98. The number of hydrogen-bond acceptors (Lipinski definition) is 4. The van der Waals surface area contributed by atoms with Crippen molar-refractivity contribution in [1.29, 1.82) is 0 Å². The van der Waals surface area contributed by atoms with Gasteiger partial charge in [-0.3, -0.25) is 4.90 Å². The highest BCUT2D eigenvalue weighted by molar-refractivity contribution is 5.90. The van der Waals surface area contributed by atoms with Gasteiger partial charge in [0, 0.05) is 12.6 Å². The lowest BCUT2D eigenvalue weighted by Gasteiger charge is -2.26. The standard InChI is InChI=1S/C14H18N2O3/c1-18-12-4-2-3-11(7-12)16-13(9-19-14(16)17)10-5-6-15-8-10/h2-4,7,10,13,15H,5-6,8-9H2,1H3. The molecule has 2 aliphatic heterocycles. The van der Waals surface area contributed by atoms with Gasteiger partial charge in [0.15, 0.2) is 0 Å². The molecule has 3 rings (SSSR count). The van der Waals surface area contributed by atoms with Gasteiger partial charge in [-0.1, -0.05) is 6.07 Å². The van der Waals surface area contributed by atoms with E-state index in [2.05, 4.69) is 5.32 Å². The Labute approximate surface area is 112 Å². The molecule has 2 aliphatic rings. The minimum atomic E-state index is -0.259. The smallest absolute Gasteiger partial charge is 0.414 e. The minimum absolute atomic E-state index is 0.120. The Morgan fingerprint density at radius 2 is 2.37 bits per heavy atom. The van der Waals surface area contributed by atoms with Gasteiger partial charge in [-0.05, 0) is 31.0 Å². The SMILES string of the molecule is COc1cccc(N2C(=O)OCC2C2CCNC2)c1. The summed E-state index contributed by atoms with van der Waals surface area (Å²) in [5.74, 6) is 1.21. The molecule has 5 heteroatoms. The molecular formula is C14H18N2O3. The number of nitrogens with zero attached hydrogens (tertiary/aromatic N) is 1. The lowest BCUT2D eigenvalue weighted by Crippen LogP contribution is -2.40. The van der Waals surface area contributed by atoms with Crippen LogP contribution >= 0.6 is 0 Å². The molecule has 1 aromatic carbocycles. The van der Waals surface area contributed by atoms with Crippen molar-refractivity contribution in [3.63, 3.8) is 0 Å². The van der Waals surface area contributed by atoms with E-state index in [4.69, 9.17) is 9.47 Å². The number of carbonyl (C=O) groups excluding carboxylic acids is 1. The van der Waals surface area contributed by atoms with Gasteiger partial charge < -0.3 is 14.8 Å². The molecule has 1 N–H and O–H groups in total. The molecule has 2 heterocycles. The summed E-state index contributed by atoms with van der Waals surface area (Å²) in [6.07, 6.45) is 0.826. The number of methoxy groups -OCH3 is 1. The van der Waals surface area contributed by atoms with E-state index in [1.807, 2.05) is 24.3 Å². The summed E-state index contributed by atoms with van der Waals surface area (Å²) in [6, 6.07) is 7.68. The fourth-order valence-corrected chi connectivity index (χ4v) is 2.85. The number of rotatable bonds is 3. The van der Waals surface area contributed by atoms with E-state index < -0.39 is 0 Å². The molecule has 0 spiro atoms. The van der Waals surface area contributed by atoms with Crippen molar-refractivity contribution in [2.24, 2.45) is 5.92 Å². The predicted molar refractivity (Wildman–Crippen MR) is 71.6 cm³/mol. The summed E-state index contributed by atoms with van der Waals surface area (Å²) >= 11 is 0. The maximum atomic E-state index is 12.0. The van der Waals surface area contributed by atoms with Crippen LogP contribution < -0.4 is 15.0 Å². The summed E-state index contributed by atoms with van der Waals surface area (Å²) in [5, 5.41) is 3.34. The van der Waals surface area contributed by atoms with Crippen LogP contribution in [0.4, 0.5) is 10.5 Å². The third kappa shape index (κ3) is 2.26. The Morgan fingerprint density at radius 1 is 1.47 bits per heavy atom. The molecular weight excluding hydrogens is 244 g/mol. The fraction of sp³-hybridized carbons (Fsp3) is 0.500. The summed E-state index contributed by atoms with van der Waals surface area (Å²) in [7, 11) is 1.62. The van der Waals surface area contributed by atoms with Crippen molar-refractivity contribution < 1.29 is 14.3 Å². The molecule has 0 aliphatic carbocycles. The maximum Gasteiger partial charge on any atom is 0.414 e. The third-order valence-corrected chi connectivity index (χ3v) is 3.88. The molecule has 2 unspecified atom stereocenters. The first-order chi connectivity index (χ1) is 9.29. The van der Waals surface area contributed by atoms with E-state index in [9.17, 15) is 4.79 Å². The van der Waals surface area contributed by atoms with E-state index in [-0.39, 0.29) is 12.1 Å². The Kier molecular flexibility index (Phi) is 3.29. The van der Waals surface area contributed by atoms with E-state index in [0.29, 0.717) is 12.5 Å². The molecule has 5 nitrogen and oxygen atoms in total. The molecule has 102 valence electrons. The molecule has 0 saturated carbocycles. The van der Waals surface area contributed by atoms with Crippen molar-refractivity contribution in [3.8, 4) is 5.75 Å². The van der Waals surface area contributed by atoms with Crippen LogP contribution in [0.1, 0.15) is 6.42 Å². The number of anilines is 1. The Morgan fingerprint density at radius 3 is 3.11 bits per heavy atom. The zero-order valence-corrected chi connectivity index (χ0v) is 11.0. The molecule has 2 atom stereocenters. The normalized spacial score (nSPS) is 26.6. The van der Waals surface area contributed by atoms with E-state index in [1.165, 1.54) is 0 Å². The summed E-state index contributed by atoms with van der Waals surface area (Å²) in [5.41, 5.74) is 0.846. The lowest BCUT2D eigenvalue weighted by molar-refractivity contribution is 0.176. The Balaban J connectivity index is 1.88. The highest BCUT2D eigenvalue weighted by Crippen LogP contribution is 2.31. The average Bonchev–Trinajstić information content (AvgIpc) is 3.07. The van der Waals surface area contributed by atoms with Crippen molar-refractivity contribution in [1.82, 2.24) is 5.32 Å². The van der Waals surface area contributed by atoms with Gasteiger partial charge in [-0.25, -0.2) is 4.79 Å². The quantitative estimate of drug-likeness (QED) is 0.899. The summed E-state index contributed by atoms with van der Waals surface area (Å²) in [4.78, 5) is 13.7. The highest BCUT2D eigenvalue weighted by Gasteiger charge is 2.40. The summed E-state index contributed by atoms with van der Waals surface area (Å²) < 4.78 is 10.5. The van der Waals surface area contributed by atoms with Gasteiger partial charge in [0.05, 0.1) is 18.8 Å². The average molecular weight is 262 g/mol. The fourth-order valence-electron chi connectivity index (χ4n) is 2.85. The first-order valence-corrected chi connectivity index (χ1v) is 6.60. The molecule has 19 heavy (non-hydrogen) atoms. The molecule has 1 amide bonds. The molecule has 0 aromatic heterocycles. The van der Waals surface area contributed by atoms with Gasteiger partial charge >= 0.3 is 6.09 Å². The number of carbonyl (C=O) groups is 1. The molecule has 0 bridgehead atoms. The molecule has 1 aromatic rings. The zero-order chi connectivity index (χ0) is 13.2. The van der Waals surface area contributed by atoms with Crippen LogP contribution in [0.3, 0.4) is 0 Å². The van der Waals surface area contributed by atoms with Crippen molar-refractivity contribution in [3.05, 3.63) is 24.3 Å².